The van der Waals surface area contributed by atoms with Gasteiger partial charge in [-0.2, -0.15) is 9.57 Å². The molecular weight excluding hydrogens is 515 g/mol. The van der Waals surface area contributed by atoms with Crippen molar-refractivity contribution < 1.29 is 13.2 Å². The van der Waals surface area contributed by atoms with Crippen LogP contribution in [0.5, 0.6) is 0 Å². The molecule has 0 fully saturated rings. The summed E-state index contributed by atoms with van der Waals surface area (Å²) in [6.07, 6.45) is 2.89. The number of fused-ring (bicyclic) bond motifs is 2. The van der Waals surface area contributed by atoms with Crippen LogP contribution in [0.15, 0.2) is 28.3 Å². The number of nitriles is 1. The van der Waals surface area contributed by atoms with E-state index >= 15 is 0 Å². The van der Waals surface area contributed by atoms with Crippen molar-refractivity contribution in [1.82, 2.24) is 13.9 Å². The van der Waals surface area contributed by atoms with Crippen LogP contribution in [0.3, 0.4) is 0 Å². The molecular formula is C25H31N5O3S3. The predicted molar refractivity (Wildman–Crippen MR) is 145 cm³/mol. The summed E-state index contributed by atoms with van der Waals surface area (Å²) < 4.78 is 29.3. The first-order valence-corrected chi connectivity index (χ1v) is 15.4. The number of hydrogen-bond acceptors (Lipinski definition) is 7. The van der Waals surface area contributed by atoms with Gasteiger partial charge >= 0.3 is 0 Å². The number of aromatic nitrogens is 2. The molecule has 1 amide bonds. The number of thioether (sulfide) groups is 1. The van der Waals surface area contributed by atoms with Gasteiger partial charge in [-0.1, -0.05) is 32.5 Å². The Morgan fingerprint density at radius 3 is 2.75 bits per heavy atom. The highest BCUT2D eigenvalue weighted by Gasteiger charge is 2.25. The number of thiophene rings is 1. The minimum absolute atomic E-state index is 0.137. The van der Waals surface area contributed by atoms with Gasteiger partial charge in [-0.05, 0) is 55.9 Å². The van der Waals surface area contributed by atoms with Gasteiger partial charge in [-0.3, -0.25) is 4.79 Å². The molecule has 0 radical (unpaired) electrons. The van der Waals surface area contributed by atoms with Crippen molar-refractivity contribution >= 4 is 55.1 Å². The minimum Gasteiger partial charge on any atom is -0.319 e. The van der Waals surface area contributed by atoms with Crippen LogP contribution in [-0.2, 0) is 34.2 Å². The Morgan fingerprint density at radius 1 is 1.33 bits per heavy atom. The first-order valence-electron chi connectivity index (χ1n) is 12.2. The molecule has 11 heteroatoms. The smallest absolute Gasteiger partial charge is 0.243 e. The maximum absolute atomic E-state index is 12.9. The van der Waals surface area contributed by atoms with Gasteiger partial charge < -0.3 is 9.88 Å². The van der Waals surface area contributed by atoms with Crippen LogP contribution in [0.25, 0.3) is 11.0 Å². The van der Waals surface area contributed by atoms with Gasteiger partial charge in [0.1, 0.15) is 11.1 Å². The third-order valence-electron chi connectivity index (χ3n) is 6.55. The van der Waals surface area contributed by atoms with Crippen LogP contribution in [0.2, 0.25) is 0 Å². The third-order valence-corrected chi connectivity index (χ3v) is 10.7. The van der Waals surface area contributed by atoms with E-state index in [-0.39, 0.29) is 16.6 Å². The Morgan fingerprint density at radius 2 is 2.08 bits per heavy atom. The lowest BCUT2D eigenvalue weighted by atomic mass is 9.89. The van der Waals surface area contributed by atoms with Crippen LogP contribution < -0.4 is 5.32 Å². The summed E-state index contributed by atoms with van der Waals surface area (Å²) in [7, 11) is -3.59. The fourth-order valence-corrected chi connectivity index (χ4v) is 8.36. The van der Waals surface area contributed by atoms with Gasteiger partial charge in [-0.15, -0.1) is 11.3 Å². The molecule has 192 valence electrons. The summed E-state index contributed by atoms with van der Waals surface area (Å²) in [4.78, 5) is 18.9. The van der Waals surface area contributed by atoms with Crippen molar-refractivity contribution in [2.75, 3.05) is 24.2 Å². The molecule has 0 aliphatic heterocycles. The standard InChI is InChI=1S/C25H31N5O3S3/c1-5-29(6-2)36(32,33)17-9-11-21-20(13-17)27-25(30(21)7-3)34-15-23(31)28-24-19(14-26)18-10-8-16(4)12-22(18)35-24/h9,11,13,16H,5-8,10,12,15H2,1-4H3,(H,28,31). The van der Waals surface area contributed by atoms with Crippen LogP contribution in [0.4, 0.5) is 5.00 Å². The van der Waals surface area contributed by atoms with Gasteiger partial charge in [0, 0.05) is 24.5 Å². The maximum atomic E-state index is 12.9. The van der Waals surface area contributed by atoms with E-state index in [1.54, 1.807) is 18.2 Å². The van der Waals surface area contributed by atoms with E-state index in [0.717, 1.165) is 30.3 Å². The molecule has 4 rings (SSSR count). The molecule has 0 spiro atoms. The number of benzene rings is 1. The summed E-state index contributed by atoms with van der Waals surface area (Å²) in [6.45, 7) is 9.27. The second-order valence-electron chi connectivity index (χ2n) is 8.88. The summed E-state index contributed by atoms with van der Waals surface area (Å²) >= 11 is 2.82. The molecule has 36 heavy (non-hydrogen) atoms. The third kappa shape index (κ3) is 5.05. The van der Waals surface area contributed by atoms with Crippen molar-refractivity contribution in [3.8, 4) is 6.07 Å². The first-order chi connectivity index (χ1) is 17.2. The SMILES string of the molecule is CCN(CC)S(=O)(=O)c1ccc2c(c1)nc(SCC(=O)Nc1sc3c(c1C#N)CCC(C)C3)n2CC. The topological polar surface area (TPSA) is 108 Å². The van der Waals surface area contributed by atoms with E-state index in [0.29, 0.717) is 46.8 Å². The summed E-state index contributed by atoms with van der Waals surface area (Å²) in [5.41, 5.74) is 3.10. The number of nitrogens with one attached hydrogen (secondary N) is 1. The second kappa shape index (κ2) is 10.9. The molecule has 1 aliphatic carbocycles. The van der Waals surface area contributed by atoms with Crippen molar-refractivity contribution in [2.24, 2.45) is 5.92 Å². The summed E-state index contributed by atoms with van der Waals surface area (Å²) in [6, 6.07) is 7.29. The number of carbonyl (C=O) groups is 1. The molecule has 3 aromatic rings. The molecule has 0 saturated carbocycles. The highest BCUT2D eigenvalue weighted by Crippen LogP contribution is 2.39. The number of aryl methyl sites for hydroxylation is 1. The largest absolute Gasteiger partial charge is 0.319 e. The molecule has 1 aliphatic rings. The molecule has 1 unspecified atom stereocenters. The van der Waals surface area contributed by atoms with Crippen LogP contribution in [0, 0.1) is 17.2 Å². The van der Waals surface area contributed by atoms with Crippen molar-refractivity contribution in [2.45, 2.75) is 63.6 Å². The zero-order valence-corrected chi connectivity index (χ0v) is 23.4. The number of imidazole rings is 1. The zero-order valence-electron chi connectivity index (χ0n) is 21.0. The molecule has 1 atom stereocenters. The highest BCUT2D eigenvalue weighted by atomic mass is 32.2. The monoisotopic (exact) mass is 545 g/mol. The number of rotatable bonds is 9. The average molecular weight is 546 g/mol. The maximum Gasteiger partial charge on any atom is 0.243 e. The Kier molecular flexibility index (Phi) is 8.09. The summed E-state index contributed by atoms with van der Waals surface area (Å²) in [5, 5.41) is 13.9. The van der Waals surface area contributed by atoms with Gasteiger partial charge in [-0.25, -0.2) is 13.4 Å². The lowest BCUT2D eigenvalue weighted by Crippen LogP contribution is -2.30. The van der Waals surface area contributed by atoms with E-state index in [1.807, 2.05) is 25.3 Å². The van der Waals surface area contributed by atoms with Crippen molar-refractivity contribution in [1.29, 1.82) is 5.26 Å². The molecule has 2 heterocycles. The number of hydrogen-bond donors (Lipinski definition) is 1. The van der Waals surface area contributed by atoms with Crippen LogP contribution >= 0.6 is 23.1 Å². The van der Waals surface area contributed by atoms with E-state index in [2.05, 4.69) is 23.3 Å². The number of nitrogens with zero attached hydrogens (tertiary/aromatic N) is 4. The van der Waals surface area contributed by atoms with E-state index < -0.39 is 10.0 Å². The van der Waals surface area contributed by atoms with Gasteiger partial charge in [0.05, 0.1) is 27.2 Å². The molecule has 1 aromatic carbocycles. The number of anilines is 1. The normalized spacial score (nSPS) is 15.7. The van der Waals surface area contributed by atoms with E-state index in [9.17, 15) is 18.5 Å². The lowest BCUT2D eigenvalue weighted by molar-refractivity contribution is -0.113. The molecule has 0 saturated heterocycles. The first kappa shape index (κ1) is 26.7. The molecule has 0 bridgehead atoms. The molecule has 1 N–H and O–H groups in total. The Bertz CT molecular complexity index is 1430. The van der Waals surface area contributed by atoms with E-state index in [1.165, 1.54) is 32.3 Å². The number of amides is 1. The van der Waals surface area contributed by atoms with Gasteiger partial charge in [0.25, 0.3) is 0 Å². The minimum atomic E-state index is -3.59. The second-order valence-corrected chi connectivity index (χ2v) is 12.9. The molecule has 2 aromatic heterocycles. The Balaban J connectivity index is 1.53. The fraction of sp³-hybridized carbons (Fsp3) is 0.480. The van der Waals surface area contributed by atoms with Crippen LogP contribution in [0.1, 0.15) is 50.1 Å². The van der Waals surface area contributed by atoms with Crippen molar-refractivity contribution in [3.63, 3.8) is 0 Å². The Labute approximate surface area is 220 Å². The highest BCUT2D eigenvalue weighted by molar-refractivity contribution is 7.99. The molecule has 8 nitrogen and oxygen atoms in total. The zero-order chi connectivity index (χ0) is 26.0. The van der Waals surface area contributed by atoms with Gasteiger partial charge in [0.2, 0.25) is 15.9 Å². The van der Waals surface area contributed by atoms with Crippen LogP contribution in [-0.4, -0.2) is 47.0 Å². The summed E-state index contributed by atoms with van der Waals surface area (Å²) in [5.74, 6) is 0.534. The fourth-order valence-electron chi connectivity index (χ4n) is 4.63. The lowest BCUT2D eigenvalue weighted by Gasteiger charge is -2.18. The predicted octanol–water partition coefficient (Wildman–Crippen LogP) is 4.88. The average Bonchev–Trinajstić information content (AvgIpc) is 3.38. The number of carbonyl (C=O) groups excluding carboxylic acids is 1. The van der Waals surface area contributed by atoms with Gasteiger partial charge in [0.15, 0.2) is 5.16 Å². The quantitative estimate of drug-likeness (QED) is 0.384. The Hall–Kier alpha value is -2.39. The van der Waals surface area contributed by atoms with Crippen molar-refractivity contribution in [3.05, 3.63) is 34.2 Å². The van der Waals surface area contributed by atoms with E-state index in [4.69, 9.17) is 0 Å². The number of sulfonamides is 1.